The first-order valence-corrected chi connectivity index (χ1v) is 8.08. The van der Waals surface area contributed by atoms with Gasteiger partial charge in [0.15, 0.2) is 0 Å². The number of likely N-dealkylation sites (N-methyl/N-ethyl adjacent to an activating group) is 1. The van der Waals surface area contributed by atoms with Crippen molar-refractivity contribution in [3.63, 3.8) is 0 Å². The smallest absolute Gasteiger partial charge is 0.407 e. The summed E-state index contributed by atoms with van der Waals surface area (Å²) in [5.74, 6) is 0.485. The minimum Gasteiger partial charge on any atom is -0.445 e. The number of carbonyl (C=O) groups excluding carboxylic acids is 1. The first kappa shape index (κ1) is 18.7. The number of carbonyl (C=O) groups is 1. The quantitative estimate of drug-likeness (QED) is 0.799. The van der Waals surface area contributed by atoms with Crippen molar-refractivity contribution in [1.82, 2.24) is 15.3 Å². The fourth-order valence-electron chi connectivity index (χ4n) is 2.07. The van der Waals surface area contributed by atoms with Crippen LogP contribution in [0.2, 0.25) is 0 Å². The van der Waals surface area contributed by atoms with Crippen molar-refractivity contribution in [2.24, 2.45) is 0 Å². The first-order valence-electron chi connectivity index (χ1n) is 8.08. The maximum absolute atomic E-state index is 11.7. The number of hydrogen-bond donors (Lipinski definition) is 2. The van der Waals surface area contributed by atoms with Crippen LogP contribution in [0.4, 0.5) is 10.7 Å². The first-order chi connectivity index (χ1) is 11.9. The fourth-order valence-corrected chi connectivity index (χ4v) is 2.07. The van der Waals surface area contributed by atoms with Crippen molar-refractivity contribution < 1.29 is 14.6 Å². The van der Waals surface area contributed by atoms with Crippen molar-refractivity contribution in [2.75, 3.05) is 25.0 Å². The average molecular weight is 344 g/mol. The van der Waals surface area contributed by atoms with Crippen LogP contribution in [0.25, 0.3) is 0 Å². The normalized spacial score (nSPS) is 11.0. The van der Waals surface area contributed by atoms with Crippen molar-refractivity contribution in [3.05, 3.63) is 53.9 Å². The Hall–Kier alpha value is -2.67. The van der Waals surface area contributed by atoms with Gasteiger partial charge in [-0.3, -0.25) is 0 Å². The van der Waals surface area contributed by atoms with Gasteiger partial charge in [-0.1, -0.05) is 30.3 Å². The standard InChI is InChI=1S/C18H24N4O3/c1-18(2,24)15-9-10-19-16(21-15)22(3)12-11-20-17(23)25-13-14-7-5-4-6-8-14/h4-10,24H,11-13H2,1-3H3,(H,20,23). The molecule has 0 saturated heterocycles. The van der Waals surface area contributed by atoms with Crippen molar-refractivity contribution >= 4 is 12.0 Å². The predicted molar refractivity (Wildman–Crippen MR) is 95.2 cm³/mol. The molecule has 7 heteroatoms. The van der Waals surface area contributed by atoms with Gasteiger partial charge in [-0.2, -0.15) is 0 Å². The van der Waals surface area contributed by atoms with E-state index in [1.165, 1.54) is 0 Å². The summed E-state index contributed by atoms with van der Waals surface area (Å²) in [5.41, 5.74) is 0.448. The van der Waals surface area contributed by atoms with E-state index in [0.717, 1.165) is 5.56 Å². The molecule has 0 unspecified atom stereocenters. The molecule has 1 amide bonds. The molecule has 0 aliphatic rings. The minimum atomic E-state index is -1.03. The highest BCUT2D eigenvalue weighted by molar-refractivity contribution is 5.67. The molecule has 0 spiro atoms. The van der Waals surface area contributed by atoms with Gasteiger partial charge in [0.2, 0.25) is 5.95 Å². The maximum Gasteiger partial charge on any atom is 0.407 e. The zero-order valence-corrected chi connectivity index (χ0v) is 14.8. The summed E-state index contributed by atoms with van der Waals surface area (Å²) < 4.78 is 5.15. The molecule has 1 aromatic carbocycles. The zero-order valence-electron chi connectivity index (χ0n) is 14.8. The Morgan fingerprint density at radius 2 is 2.00 bits per heavy atom. The molecular weight excluding hydrogens is 320 g/mol. The number of aromatic nitrogens is 2. The average Bonchev–Trinajstić information content (AvgIpc) is 2.60. The van der Waals surface area contributed by atoms with E-state index in [4.69, 9.17) is 4.74 Å². The number of aliphatic hydroxyl groups is 1. The molecule has 0 radical (unpaired) electrons. The van der Waals surface area contributed by atoms with Gasteiger partial charge >= 0.3 is 6.09 Å². The number of alkyl carbamates (subject to hydrolysis) is 1. The van der Waals surface area contributed by atoms with Crippen LogP contribution >= 0.6 is 0 Å². The summed E-state index contributed by atoms with van der Waals surface area (Å²) in [4.78, 5) is 22.0. The summed E-state index contributed by atoms with van der Waals surface area (Å²) in [6, 6.07) is 11.2. The highest BCUT2D eigenvalue weighted by Crippen LogP contribution is 2.18. The van der Waals surface area contributed by atoms with E-state index in [1.54, 1.807) is 31.0 Å². The van der Waals surface area contributed by atoms with E-state index >= 15 is 0 Å². The van der Waals surface area contributed by atoms with Gasteiger partial charge in [0.1, 0.15) is 12.2 Å². The van der Waals surface area contributed by atoms with E-state index in [1.807, 2.05) is 37.4 Å². The zero-order chi connectivity index (χ0) is 18.3. The molecule has 1 aromatic heterocycles. The molecule has 0 bridgehead atoms. The molecule has 0 aliphatic heterocycles. The summed E-state index contributed by atoms with van der Waals surface area (Å²) >= 11 is 0. The highest BCUT2D eigenvalue weighted by atomic mass is 16.5. The van der Waals surface area contributed by atoms with Gasteiger partial charge < -0.3 is 20.1 Å². The molecular formula is C18H24N4O3. The summed E-state index contributed by atoms with van der Waals surface area (Å²) in [6.07, 6.45) is 1.14. The summed E-state index contributed by atoms with van der Waals surface area (Å²) in [5, 5.41) is 12.7. The number of rotatable bonds is 7. The number of benzene rings is 1. The molecule has 25 heavy (non-hydrogen) atoms. The second kappa shape index (κ2) is 8.43. The lowest BCUT2D eigenvalue weighted by Gasteiger charge is -2.21. The highest BCUT2D eigenvalue weighted by Gasteiger charge is 2.19. The number of nitrogens with one attached hydrogen (secondary N) is 1. The van der Waals surface area contributed by atoms with Gasteiger partial charge in [0.05, 0.1) is 5.69 Å². The van der Waals surface area contributed by atoms with Gasteiger partial charge in [-0.25, -0.2) is 14.8 Å². The molecule has 134 valence electrons. The van der Waals surface area contributed by atoms with E-state index in [0.29, 0.717) is 24.7 Å². The third-order valence-electron chi connectivity index (χ3n) is 3.54. The van der Waals surface area contributed by atoms with Crippen LogP contribution < -0.4 is 10.2 Å². The molecule has 0 aliphatic carbocycles. The SMILES string of the molecule is CN(CCNC(=O)OCc1ccccc1)c1nccc(C(C)(C)O)n1. The fraction of sp³-hybridized carbons (Fsp3) is 0.389. The van der Waals surface area contributed by atoms with E-state index in [9.17, 15) is 9.90 Å². The van der Waals surface area contributed by atoms with Crippen molar-refractivity contribution in [3.8, 4) is 0 Å². The summed E-state index contributed by atoms with van der Waals surface area (Å²) in [6.45, 7) is 4.47. The summed E-state index contributed by atoms with van der Waals surface area (Å²) in [7, 11) is 1.82. The second-order valence-electron chi connectivity index (χ2n) is 6.21. The van der Waals surface area contributed by atoms with E-state index in [2.05, 4.69) is 15.3 Å². The topological polar surface area (TPSA) is 87.6 Å². The van der Waals surface area contributed by atoms with Gasteiger partial charge in [0, 0.05) is 26.3 Å². The lowest BCUT2D eigenvalue weighted by atomic mass is 10.1. The third-order valence-corrected chi connectivity index (χ3v) is 3.54. The number of anilines is 1. The lowest BCUT2D eigenvalue weighted by Crippen LogP contribution is -2.34. The van der Waals surface area contributed by atoms with Crippen LogP contribution in [-0.4, -0.2) is 41.3 Å². The maximum atomic E-state index is 11.7. The van der Waals surface area contributed by atoms with Crippen LogP contribution in [-0.2, 0) is 16.9 Å². The predicted octanol–water partition coefficient (Wildman–Crippen LogP) is 2.07. The van der Waals surface area contributed by atoms with Gasteiger partial charge in [-0.05, 0) is 25.5 Å². The number of hydrogen-bond acceptors (Lipinski definition) is 6. The molecule has 2 aromatic rings. The molecule has 7 nitrogen and oxygen atoms in total. The van der Waals surface area contributed by atoms with E-state index < -0.39 is 11.7 Å². The molecule has 0 saturated carbocycles. The van der Waals surface area contributed by atoms with Crippen LogP contribution in [0.1, 0.15) is 25.1 Å². The number of nitrogens with zero attached hydrogens (tertiary/aromatic N) is 3. The van der Waals surface area contributed by atoms with Gasteiger partial charge in [0.25, 0.3) is 0 Å². The van der Waals surface area contributed by atoms with Crippen LogP contribution in [0.15, 0.2) is 42.6 Å². The van der Waals surface area contributed by atoms with Crippen LogP contribution in [0, 0.1) is 0 Å². The Kier molecular flexibility index (Phi) is 6.30. The lowest BCUT2D eigenvalue weighted by molar-refractivity contribution is 0.0738. The molecule has 0 atom stereocenters. The van der Waals surface area contributed by atoms with Gasteiger partial charge in [-0.15, -0.1) is 0 Å². The largest absolute Gasteiger partial charge is 0.445 e. The Labute approximate surface area is 147 Å². The third kappa shape index (κ3) is 6.04. The minimum absolute atomic E-state index is 0.235. The van der Waals surface area contributed by atoms with E-state index in [-0.39, 0.29) is 6.61 Å². The monoisotopic (exact) mass is 344 g/mol. The molecule has 2 rings (SSSR count). The Morgan fingerprint density at radius 1 is 1.28 bits per heavy atom. The van der Waals surface area contributed by atoms with Crippen molar-refractivity contribution in [2.45, 2.75) is 26.1 Å². The van der Waals surface area contributed by atoms with Crippen molar-refractivity contribution in [1.29, 1.82) is 0 Å². The van der Waals surface area contributed by atoms with Crippen LogP contribution in [0.3, 0.4) is 0 Å². The Balaban J connectivity index is 1.76. The Bertz CT molecular complexity index is 686. The second-order valence-corrected chi connectivity index (χ2v) is 6.21. The molecule has 1 heterocycles. The molecule has 0 fully saturated rings. The van der Waals surface area contributed by atoms with Crippen LogP contribution in [0.5, 0.6) is 0 Å². The molecule has 2 N–H and O–H groups in total. The Morgan fingerprint density at radius 3 is 2.68 bits per heavy atom. The number of ether oxygens (including phenoxy) is 1. The number of amides is 1.